The molecule has 0 amide bonds. The fraction of sp³-hybridized carbons (Fsp3) is 0.750. The summed E-state index contributed by atoms with van der Waals surface area (Å²) in [5.74, 6) is -0.591. The van der Waals surface area contributed by atoms with Crippen LogP contribution in [0.4, 0.5) is 0 Å². The van der Waals surface area contributed by atoms with Gasteiger partial charge in [-0.15, -0.1) is 0 Å². The van der Waals surface area contributed by atoms with E-state index in [1.165, 1.54) is 10.5 Å². The van der Waals surface area contributed by atoms with Crippen molar-refractivity contribution in [1.29, 1.82) is 0 Å². The molecule has 170 valence electrons. The van der Waals surface area contributed by atoms with Crippen molar-refractivity contribution in [1.82, 2.24) is 0 Å². The molecule has 3 rings (SSSR count). The summed E-state index contributed by atoms with van der Waals surface area (Å²) in [6.07, 6.45) is -0.294. The molecule has 0 aliphatic carbocycles. The first-order chi connectivity index (χ1) is 14.0. The number of hydrogen-bond acceptors (Lipinski definition) is 5. The third-order valence-electron chi connectivity index (χ3n) is 6.59. The molecule has 0 saturated carbocycles. The van der Waals surface area contributed by atoms with Gasteiger partial charge in [-0.3, -0.25) is 0 Å². The van der Waals surface area contributed by atoms with E-state index in [4.69, 9.17) is 18.6 Å². The van der Waals surface area contributed by atoms with Crippen LogP contribution in [0.25, 0.3) is 0 Å². The van der Waals surface area contributed by atoms with E-state index in [1.807, 2.05) is 13.8 Å². The Balaban J connectivity index is 1.76. The van der Waals surface area contributed by atoms with Gasteiger partial charge >= 0.3 is 0 Å². The van der Waals surface area contributed by atoms with Crippen LogP contribution in [-0.2, 0) is 18.6 Å². The van der Waals surface area contributed by atoms with E-state index in [0.29, 0.717) is 23.2 Å². The maximum Gasteiger partial charge on any atom is 0.200 e. The lowest BCUT2D eigenvalue weighted by molar-refractivity contribution is -0.180. The van der Waals surface area contributed by atoms with Crippen LogP contribution >= 0.6 is 11.8 Å². The van der Waals surface area contributed by atoms with Crippen molar-refractivity contribution in [2.24, 2.45) is 0 Å². The van der Waals surface area contributed by atoms with Crippen LogP contribution in [0.2, 0.25) is 16.6 Å². The van der Waals surface area contributed by atoms with Gasteiger partial charge in [0.05, 0.1) is 6.61 Å². The topological polar surface area (TPSA) is 36.9 Å². The second-order valence-corrected chi connectivity index (χ2v) is 16.8. The molecule has 0 aromatic heterocycles. The zero-order valence-electron chi connectivity index (χ0n) is 20.1. The second-order valence-electron chi connectivity index (χ2n) is 10.2. The van der Waals surface area contributed by atoms with Crippen molar-refractivity contribution in [3.05, 3.63) is 29.8 Å². The van der Waals surface area contributed by atoms with Crippen LogP contribution in [-0.4, -0.2) is 44.5 Å². The molecule has 1 aromatic carbocycles. The van der Waals surface area contributed by atoms with Crippen molar-refractivity contribution in [2.75, 3.05) is 6.61 Å². The Labute approximate surface area is 188 Å². The molecule has 2 heterocycles. The molecule has 0 spiro atoms. The van der Waals surface area contributed by atoms with E-state index >= 15 is 0 Å². The number of ether oxygens (including phenoxy) is 3. The minimum atomic E-state index is -1.96. The second kappa shape index (κ2) is 9.24. The lowest BCUT2D eigenvalue weighted by atomic mass is 10.2. The maximum absolute atomic E-state index is 6.86. The lowest BCUT2D eigenvalue weighted by Gasteiger charge is -2.43. The van der Waals surface area contributed by atoms with E-state index in [2.05, 4.69) is 72.7 Å². The van der Waals surface area contributed by atoms with Gasteiger partial charge in [-0.2, -0.15) is 0 Å². The summed E-state index contributed by atoms with van der Waals surface area (Å²) >= 11 is 1.72. The standard InChI is InChI=1S/C24H40O4SSi/c1-15(2)30(16(3)4,17(5)6)25-14-20-21-22(28-24(8,9)27-21)23(26-20)29-19-12-10-18(7)11-13-19/h10-13,15-17,20-23H,14H2,1-9H3/t20-,21-,22-,23+/m1/s1. The van der Waals surface area contributed by atoms with Crippen LogP contribution in [0.5, 0.6) is 0 Å². The monoisotopic (exact) mass is 452 g/mol. The summed E-state index contributed by atoms with van der Waals surface area (Å²) in [5, 5.41) is 0. The third kappa shape index (κ3) is 4.84. The van der Waals surface area contributed by atoms with Gasteiger partial charge in [-0.1, -0.05) is 71.0 Å². The normalized spacial score (nSPS) is 28.7. The molecule has 0 unspecified atom stereocenters. The Morgan fingerprint density at radius 2 is 1.47 bits per heavy atom. The minimum Gasteiger partial charge on any atom is -0.413 e. The highest BCUT2D eigenvalue weighted by Crippen LogP contribution is 2.46. The van der Waals surface area contributed by atoms with Crippen molar-refractivity contribution in [3.8, 4) is 0 Å². The van der Waals surface area contributed by atoms with Gasteiger partial charge in [0.2, 0.25) is 0 Å². The largest absolute Gasteiger partial charge is 0.413 e. The molecule has 1 aromatic rings. The van der Waals surface area contributed by atoms with Crippen molar-refractivity contribution >= 4 is 20.1 Å². The Morgan fingerprint density at radius 3 is 2.00 bits per heavy atom. The van der Waals surface area contributed by atoms with Gasteiger partial charge in [0, 0.05) is 4.90 Å². The van der Waals surface area contributed by atoms with Crippen LogP contribution in [0.15, 0.2) is 29.2 Å². The molecule has 2 aliphatic rings. The predicted octanol–water partition coefficient (Wildman–Crippen LogP) is 6.52. The average Bonchev–Trinajstić information content (AvgIpc) is 3.10. The number of aryl methyl sites for hydroxylation is 1. The van der Waals surface area contributed by atoms with Crippen LogP contribution in [0.3, 0.4) is 0 Å². The third-order valence-corrected chi connectivity index (χ3v) is 13.8. The van der Waals surface area contributed by atoms with E-state index in [1.54, 1.807) is 11.8 Å². The zero-order valence-corrected chi connectivity index (χ0v) is 21.9. The van der Waals surface area contributed by atoms with Gasteiger partial charge < -0.3 is 18.6 Å². The number of fused-ring (bicyclic) bond motifs is 1. The molecule has 2 saturated heterocycles. The molecule has 30 heavy (non-hydrogen) atoms. The Hall–Kier alpha value is -0.373. The average molecular weight is 453 g/mol. The van der Waals surface area contributed by atoms with E-state index in [0.717, 1.165) is 0 Å². The van der Waals surface area contributed by atoms with E-state index in [9.17, 15) is 0 Å². The molecular weight excluding hydrogens is 412 g/mol. The Bertz CT molecular complexity index is 682. The highest BCUT2D eigenvalue weighted by atomic mass is 32.2. The zero-order chi connectivity index (χ0) is 22.3. The molecule has 2 aliphatic heterocycles. The number of thioether (sulfide) groups is 1. The number of hydrogen-bond donors (Lipinski definition) is 0. The molecule has 0 bridgehead atoms. The fourth-order valence-corrected chi connectivity index (χ4v) is 11.9. The molecule has 4 atom stereocenters. The Morgan fingerprint density at radius 1 is 0.933 bits per heavy atom. The molecular formula is C24H40O4SSi. The summed E-state index contributed by atoms with van der Waals surface area (Å²) < 4.78 is 25.9. The highest BCUT2D eigenvalue weighted by Gasteiger charge is 2.56. The van der Waals surface area contributed by atoms with Crippen LogP contribution < -0.4 is 0 Å². The molecule has 6 heteroatoms. The number of rotatable bonds is 8. The summed E-state index contributed by atoms with van der Waals surface area (Å²) in [4.78, 5) is 1.19. The van der Waals surface area contributed by atoms with Gasteiger partial charge in [0.25, 0.3) is 0 Å². The maximum atomic E-state index is 6.86. The molecule has 0 radical (unpaired) electrons. The smallest absolute Gasteiger partial charge is 0.200 e. The van der Waals surface area contributed by atoms with Gasteiger partial charge in [0.15, 0.2) is 14.1 Å². The quantitative estimate of drug-likeness (QED) is 0.419. The first kappa shape index (κ1) is 24.3. The first-order valence-electron chi connectivity index (χ1n) is 11.3. The summed E-state index contributed by atoms with van der Waals surface area (Å²) in [6.45, 7) is 20.6. The SMILES string of the molecule is Cc1ccc(S[C@@H]2O[C@H](CO[Si](C(C)C)(C(C)C)C(C)C)[C@H]3OC(C)(C)O[C@H]32)cc1. The fourth-order valence-electron chi connectivity index (χ4n) is 5.35. The summed E-state index contributed by atoms with van der Waals surface area (Å²) in [5.41, 5.74) is 2.80. The van der Waals surface area contributed by atoms with Crippen molar-refractivity contribution in [3.63, 3.8) is 0 Å². The predicted molar refractivity (Wildman–Crippen MR) is 127 cm³/mol. The van der Waals surface area contributed by atoms with Gasteiger partial charge in [-0.25, -0.2) is 0 Å². The van der Waals surface area contributed by atoms with Gasteiger partial charge in [-0.05, 0) is 49.5 Å². The molecule has 2 fully saturated rings. The van der Waals surface area contributed by atoms with E-state index < -0.39 is 14.1 Å². The highest BCUT2D eigenvalue weighted by molar-refractivity contribution is 7.99. The Kier molecular flexibility index (Phi) is 7.48. The van der Waals surface area contributed by atoms with E-state index in [-0.39, 0.29) is 23.7 Å². The van der Waals surface area contributed by atoms with Crippen LogP contribution in [0.1, 0.15) is 61.0 Å². The molecule has 4 nitrogen and oxygen atoms in total. The van der Waals surface area contributed by atoms with Crippen molar-refractivity contribution in [2.45, 2.75) is 113 Å². The number of benzene rings is 1. The van der Waals surface area contributed by atoms with Crippen LogP contribution in [0, 0.1) is 6.92 Å². The van der Waals surface area contributed by atoms with Crippen molar-refractivity contribution < 1.29 is 18.6 Å². The summed E-state index contributed by atoms with van der Waals surface area (Å²) in [7, 11) is -1.96. The van der Waals surface area contributed by atoms with Gasteiger partial charge in [0.1, 0.15) is 23.7 Å². The molecule has 0 N–H and O–H groups in total. The summed E-state index contributed by atoms with van der Waals surface area (Å²) in [6, 6.07) is 8.58. The minimum absolute atomic E-state index is 0.0897. The first-order valence-corrected chi connectivity index (χ1v) is 14.4. The lowest BCUT2D eigenvalue weighted by Crippen LogP contribution is -2.50.